The maximum Gasteiger partial charge on any atom is 0.220 e. The second-order valence-corrected chi connectivity index (χ2v) is 6.25. The molecule has 2 aliphatic carbocycles. The van der Waals surface area contributed by atoms with Crippen molar-refractivity contribution in [3.63, 3.8) is 0 Å². The number of rotatable bonds is 3. The third-order valence-corrected chi connectivity index (χ3v) is 4.99. The summed E-state index contributed by atoms with van der Waals surface area (Å²) >= 11 is 0. The first-order valence-electron chi connectivity index (χ1n) is 7.31. The van der Waals surface area contributed by atoms with Gasteiger partial charge in [-0.1, -0.05) is 6.42 Å². The maximum atomic E-state index is 12.0. The van der Waals surface area contributed by atoms with Crippen LogP contribution in [0.2, 0.25) is 0 Å². The number of fused-ring (bicyclic) bond motifs is 2. The molecule has 4 unspecified atom stereocenters. The molecule has 0 radical (unpaired) electrons. The standard InChI is InChI=1S/C14H24N2O.ClH/c17-14(16-13-2-1-5-15-9-13)8-12-7-10-3-4-11(12)6-10;/h10-13,15H,1-9H2,(H,16,17);1H. The molecule has 18 heavy (non-hydrogen) atoms. The van der Waals surface area contributed by atoms with Crippen LogP contribution in [0.5, 0.6) is 0 Å². The monoisotopic (exact) mass is 272 g/mol. The average molecular weight is 273 g/mol. The largest absolute Gasteiger partial charge is 0.352 e. The minimum atomic E-state index is 0. The van der Waals surface area contributed by atoms with E-state index in [0.29, 0.717) is 17.9 Å². The van der Waals surface area contributed by atoms with Gasteiger partial charge < -0.3 is 10.6 Å². The third kappa shape index (κ3) is 3.18. The summed E-state index contributed by atoms with van der Waals surface area (Å²) in [6.07, 6.45) is 8.67. The zero-order valence-electron chi connectivity index (χ0n) is 11.0. The predicted molar refractivity (Wildman–Crippen MR) is 74.8 cm³/mol. The fourth-order valence-corrected chi connectivity index (χ4v) is 4.13. The molecule has 0 aromatic carbocycles. The van der Waals surface area contributed by atoms with Gasteiger partial charge in [-0.15, -0.1) is 12.4 Å². The summed E-state index contributed by atoms with van der Waals surface area (Å²) in [4.78, 5) is 12.0. The van der Waals surface area contributed by atoms with Crippen LogP contribution in [0.4, 0.5) is 0 Å². The van der Waals surface area contributed by atoms with Crippen molar-refractivity contribution < 1.29 is 4.79 Å². The van der Waals surface area contributed by atoms with E-state index in [4.69, 9.17) is 0 Å². The van der Waals surface area contributed by atoms with Crippen LogP contribution >= 0.6 is 12.4 Å². The number of piperidine rings is 1. The Morgan fingerprint density at radius 2 is 2.11 bits per heavy atom. The molecule has 1 aliphatic heterocycles. The Hall–Kier alpha value is -0.280. The van der Waals surface area contributed by atoms with E-state index in [1.54, 1.807) is 0 Å². The van der Waals surface area contributed by atoms with E-state index in [1.165, 1.54) is 32.1 Å². The number of nitrogens with one attached hydrogen (secondary N) is 2. The Morgan fingerprint density at radius 1 is 1.22 bits per heavy atom. The second kappa shape index (κ2) is 6.25. The van der Waals surface area contributed by atoms with Crippen molar-refractivity contribution in [2.45, 2.75) is 51.0 Å². The van der Waals surface area contributed by atoms with Gasteiger partial charge in [-0.05, 0) is 56.4 Å². The van der Waals surface area contributed by atoms with Crippen molar-refractivity contribution in [3.05, 3.63) is 0 Å². The minimum Gasteiger partial charge on any atom is -0.352 e. The van der Waals surface area contributed by atoms with Gasteiger partial charge in [0.15, 0.2) is 0 Å². The first-order chi connectivity index (χ1) is 8.31. The van der Waals surface area contributed by atoms with Gasteiger partial charge >= 0.3 is 0 Å². The molecule has 0 aromatic rings. The van der Waals surface area contributed by atoms with E-state index in [1.807, 2.05) is 0 Å². The zero-order valence-corrected chi connectivity index (χ0v) is 11.8. The summed E-state index contributed by atoms with van der Waals surface area (Å²) in [5.74, 6) is 2.82. The highest BCUT2D eigenvalue weighted by Crippen LogP contribution is 2.49. The van der Waals surface area contributed by atoms with E-state index in [-0.39, 0.29) is 12.4 Å². The first kappa shape index (κ1) is 14.1. The molecule has 4 atom stereocenters. The van der Waals surface area contributed by atoms with Crippen LogP contribution in [0.3, 0.4) is 0 Å². The number of amides is 1. The number of carbonyl (C=O) groups excluding carboxylic acids is 1. The lowest BCUT2D eigenvalue weighted by atomic mass is 9.86. The molecule has 1 amide bonds. The number of halogens is 1. The molecule has 1 saturated heterocycles. The Kier molecular flexibility index (Phi) is 4.91. The molecule has 0 aromatic heterocycles. The van der Waals surface area contributed by atoms with E-state index >= 15 is 0 Å². The van der Waals surface area contributed by atoms with Crippen LogP contribution < -0.4 is 10.6 Å². The van der Waals surface area contributed by atoms with Gasteiger partial charge in [0.2, 0.25) is 5.91 Å². The Balaban J connectivity index is 0.00000120. The SMILES string of the molecule is Cl.O=C(CC1CC2CCC1C2)NC1CCCNC1. The van der Waals surface area contributed by atoms with Gasteiger partial charge in [0.25, 0.3) is 0 Å². The van der Waals surface area contributed by atoms with Crippen molar-refractivity contribution >= 4 is 18.3 Å². The molecule has 4 heteroatoms. The Bertz CT molecular complexity index is 292. The molecule has 2 N–H and O–H groups in total. The van der Waals surface area contributed by atoms with E-state index in [0.717, 1.165) is 37.8 Å². The summed E-state index contributed by atoms with van der Waals surface area (Å²) < 4.78 is 0. The van der Waals surface area contributed by atoms with E-state index in [2.05, 4.69) is 10.6 Å². The third-order valence-electron chi connectivity index (χ3n) is 4.99. The van der Waals surface area contributed by atoms with Crippen molar-refractivity contribution in [1.29, 1.82) is 0 Å². The van der Waals surface area contributed by atoms with Gasteiger partial charge in [0.1, 0.15) is 0 Å². The predicted octanol–water partition coefficient (Wildman–Crippen LogP) is 2.10. The highest BCUT2D eigenvalue weighted by Gasteiger charge is 2.40. The van der Waals surface area contributed by atoms with Crippen LogP contribution in [0.1, 0.15) is 44.9 Å². The molecule has 1 heterocycles. The molecule has 3 rings (SSSR count). The average Bonchev–Trinajstić information content (AvgIpc) is 2.92. The fraction of sp³-hybridized carbons (Fsp3) is 0.929. The molecule has 3 aliphatic rings. The first-order valence-corrected chi connectivity index (χ1v) is 7.31. The molecule has 2 bridgehead atoms. The highest BCUT2D eigenvalue weighted by molar-refractivity contribution is 5.85. The van der Waals surface area contributed by atoms with Crippen LogP contribution in [0.25, 0.3) is 0 Å². The van der Waals surface area contributed by atoms with Crippen LogP contribution in [0.15, 0.2) is 0 Å². The van der Waals surface area contributed by atoms with Crippen LogP contribution in [-0.2, 0) is 4.79 Å². The summed E-state index contributed by atoms with van der Waals surface area (Å²) in [5.41, 5.74) is 0. The van der Waals surface area contributed by atoms with Crippen molar-refractivity contribution in [1.82, 2.24) is 10.6 Å². The molecule has 0 spiro atoms. The van der Waals surface area contributed by atoms with Crippen LogP contribution in [0, 0.1) is 17.8 Å². The smallest absolute Gasteiger partial charge is 0.220 e. The van der Waals surface area contributed by atoms with Crippen molar-refractivity contribution in [2.24, 2.45) is 17.8 Å². The molecular weight excluding hydrogens is 248 g/mol. The molecule has 3 nitrogen and oxygen atoms in total. The topological polar surface area (TPSA) is 41.1 Å². The maximum absolute atomic E-state index is 12.0. The summed E-state index contributed by atoms with van der Waals surface area (Å²) in [6.45, 7) is 2.07. The molecular formula is C14H25ClN2O. The fourth-order valence-electron chi connectivity index (χ4n) is 4.13. The number of hydrogen-bond acceptors (Lipinski definition) is 2. The lowest BCUT2D eigenvalue weighted by molar-refractivity contribution is -0.123. The zero-order chi connectivity index (χ0) is 11.7. The minimum absolute atomic E-state index is 0. The summed E-state index contributed by atoms with van der Waals surface area (Å²) in [6, 6.07) is 0.384. The molecule has 104 valence electrons. The van der Waals surface area contributed by atoms with E-state index in [9.17, 15) is 4.79 Å². The van der Waals surface area contributed by atoms with Crippen molar-refractivity contribution in [2.75, 3.05) is 13.1 Å². The number of hydrogen-bond donors (Lipinski definition) is 2. The Morgan fingerprint density at radius 3 is 2.72 bits per heavy atom. The molecule has 3 fully saturated rings. The number of carbonyl (C=O) groups is 1. The lowest BCUT2D eigenvalue weighted by Gasteiger charge is -2.26. The summed E-state index contributed by atoms with van der Waals surface area (Å²) in [7, 11) is 0. The van der Waals surface area contributed by atoms with Crippen LogP contribution in [-0.4, -0.2) is 25.0 Å². The quantitative estimate of drug-likeness (QED) is 0.826. The van der Waals surface area contributed by atoms with Gasteiger partial charge in [-0.2, -0.15) is 0 Å². The second-order valence-electron chi connectivity index (χ2n) is 6.25. The van der Waals surface area contributed by atoms with Gasteiger partial charge in [0, 0.05) is 19.0 Å². The van der Waals surface area contributed by atoms with Gasteiger partial charge in [0.05, 0.1) is 0 Å². The summed E-state index contributed by atoms with van der Waals surface area (Å²) in [5, 5.41) is 6.55. The normalized spacial score (nSPS) is 38.2. The molecule has 2 saturated carbocycles. The van der Waals surface area contributed by atoms with E-state index < -0.39 is 0 Å². The van der Waals surface area contributed by atoms with Gasteiger partial charge in [-0.25, -0.2) is 0 Å². The van der Waals surface area contributed by atoms with Crippen molar-refractivity contribution in [3.8, 4) is 0 Å². The Labute approximate surface area is 116 Å². The van der Waals surface area contributed by atoms with Gasteiger partial charge in [-0.3, -0.25) is 4.79 Å². The lowest BCUT2D eigenvalue weighted by Crippen LogP contribution is -2.46. The highest BCUT2D eigenvalue weighted by atomic mass is 35.5.